The Morgan fingerprint density at radius 3 is 2.42 bits per heavy atom. The molecule has 172 valence electrons. The number of aromatic nitrogens is 3. The minimum atomic E-state index is -0.560. The molecule has 5 nitrogen and oxygen atoms in total. The first-order valence-corrected chi connectivity index (χ1v) is 12.0. The Morgan fingerprint density at radius 2 is 1.85 bits per heavy atom. The summed E-state index contributed by atoms with van der Waals surface area (Å²) in [6.45, 7) is 10.9. The van der Waals surface area contributed by atoms with Crippen LogP contribution in [0.5, 0.6) is 0 Å². The highest BCUT2D eigenvalue weighted by atomic mass is 32.2. The molecule has 7 heteroatoms. The number of carbonyl (C=O) groups is 1. The number of benzene rings is 2. The van der Waals surface area contributed by atoms with Crippen LogP contribution < -0.4 is 5.32 Å². The van der Waals surface area contributed by atoms with Crippen LogP contribution in [0.1, 0.15) is 50.0 Å². The Morgan fingerprint density at radius 1 is 1.18 bits per heavy atom. The zero-order valence-corrected chi connectivity index (χ0v) is 20.0. The van der Waals surface area contributed by atoms with Gasteiger partial charge in [-0.15, -0.1) is 16.8 Å². The standard InChI is InChI=1S/C26H29FN4OS/c1-5-16-31-23(18-6-10-19(11-7-18)26(2,3)4)29-30-25(31)33-22(24(32)28-21-14-15-21)17-8-12-20(27)13-9-17/h5-13,21-22H,1,14-16H2,2-4H3,(H,28,32). The van der Waals surface area contributed by atoms with Gasteiger partial charge in [-0.2, -0.15) is 0 Å². The summed E-state index contributed by atoms with van der Waals surface area (Å²) in [5.74, 6) is 0.289. The van der Waals surface area contributed by atoms with Crippen LogP contribution in [0.3, 0.4) is 0 Å². The maximum atomic E-state index is 13.5. The molecule has 1 aliphatic carbocycles. The van der Waals surface area contributed by atoms with Gasteiger partial charge >= 0.3 is 0 Å². The number of hydrogen-bond acceptors (Lipinski definition) is 4. The van der Waals surface area contributed by atoms with Gasteiger partial charge in [0.2, 0.25) is 5.91 Å². The van der Waals surface area contributed by atoms with Gasteiger partial charge in [-0.1, -0.05) is 75.0 Å². The fourth-order valence-electron chi connectivity index (χ4n) is 3.52. The smallest absolute Gasteiger partial charge is 0.238 e. The van der Waals surface area contributed by atoms with E-state index < -0.39 is 5.25 Å². The summed E-state index contributed by atoms with van der Waals surface area (Å²) in [6.07, 6.45) is 3.78. The molecule has 0 aliphatic heterocycles. The molecule has 3 aromatic rings. The summed E-state index contributed by atoms with van der Waals surface area (Å²) in [7, 11) is 0. The molecule has 33 heavy (non-hydrogen) atoms. The molecule has 1 heterocycles. The first-order valence-electron chi connectivity index (χ1n) is 11.1. The van der Waals surface area contributed by atoms with Crippen molar-refractivity contribution in [1.29, 1.82) is 0 Å². The van der Waals surface area contributed by atoms with Gasteiger partial charge in [-0.3, -0.25) is 9.36 Å². The van der Waals surface area contributed by atoms with Crippen molar-refractivity contribution in [2.45, 2.75) is 62.0 Å². The number of nitrogens with one attached hydrogen (secondary N) is 1. The Labute approximate surface area is 198 Å². The van der Waals surface area contributed by atoms with Gasteiger partial charge in [0, 0.05) is 18.2 Å². The quantitative estimate of drug-likeness (QED) is 0.344. The molecular formula is C26H29FN4OS. The summed E-state index contributed by atoms with van der Waals surface area (Å²) in [4.78, 5) is 13.1. The van der Waals surface area contributed by atoms with E-state index in [4.69, 9.17) is 0 Å². The average Bonchev–Trinajstić information content (AvgIpc) is 3.51. The second-order valence-electron chi connectivity index (χ2n) is 9.37. The van der Waals surface area contributed by atoms with Crippen LogP contribution >= 0.6 is 11.8 Å². The van der Waals surface area contributed by atoms with Gasteiger partial charge in [0.1, 0.15) is 11.1 Å². The summed E-state index contributed by atoms with van der Waals surface area (Å²) < 4.78 is 15.5. The third-order valence-electron chi connectivity index (χ3n) is 5.60. The van der Waals surface area contributed by atoms with Crippen molar-refractivity contribution in [2.24, 2.45) is 0 Å². The van der Waals surface area contributed by atoms with Crippen LogP contribution in [-0.2, 0) is 16.8 Å². The molecule has 0 bridgehead atoms. The number of carbonyl (C=O) groups excluding carboxylic acids is 1. The van der Waals surface area contributed by atoms with Gasteiger partial charge in [0.15, 0.2) is 11.0 Å². The third-order valence-corrected chi connectivity index (χ3v) is 6.83. The molecular weight excluding hydrogens is 435 g/mol. The molecule has 0 spiro atoms. The largest absolute Gasteiger partial charge is 0.352 e. The Balaban J connectivity index is 1.66. The van der Waals surface area contributed by atoms with Crippen molar-refractivity contribution in [3.63, 3.8) is 0 Å². The highest BCUT2D eigenvalue weighted by Crippen LogP contribution is 2.37. The topological polar surface area (TPSA) is 59.8 Å². The van der Waals surface area contributed by atoms with E-state index in [2.05, 4.69) is 67.1 Å². The average molecular weight is 465 g/mol. The lowest BCUT2D eigenvalue weighted by atomic mass is 9.87. The van der Waals surface area contributed by atoms with Crippen molar-refractivity contribution in [3.8, 4) is 11.4 Å². The van der Waals surface area contributed by atoms with Crippen molar-refractivity contribution in [3.05, 3.63) is 78.1 Å². The van der Waals surface area contributed by atoms with Crippen molar-refractivity contribution >= 4 is 17.7 Å². The van der Waals surface area contributed by atoms with Gasteiger partial charge in [-0.25, -0.2) is 4.39 Å². The normalized spacial score (nSPS) is 14.7. The molecule has 2 aromatic carbocycles. The lowest BCUT2D eigenvalue weighted by Crippen LogP contribution is -2.30. The van der Waals surface area contributed by atoms with Crippen LogP contribution in [0.4, 0.5) is 4.39 Å². The molecule has 1 atom stereocenters. The lowest BCUT2D eigenvalue weighted by molar-refractivity contribution is -0.120. The van der Waals surface area contributed by atoms with Gasteiger partial charge in [0.25, 0.3) is 0 Å². The minimum absolute atomic E-state index is 0.0611. The maximum absolute atomic E-state index is 13.5. The molecule has 1 aliphatic rings. The van der Waals surface area contributed by atoms with Crippen LogP contribution in [0.2, 0.25) is 0 Å². The van der Waals surface area contributed by atoms with Crippen LogP contribution in [0.15, 0.2) is 66.3 Å². The minimum Gasteiger partial charge on any atom is -0.352 e. The van der Waals surface area contributed by atoms with Crippen LogP contribution in [-0.4, -0.2) is 26.7 Å². The van der Waals surface area contributed by atoms with E-state index >= 15 is 0 Å². The summed E-state index contributed by atoms with van der Waals surface area (Å²) in [5, 5.41) is 12.0. The highest BCUT2D eigenvalue weighted by molar-refractivity contribution is 8.00. The van der Waals surface area contributed by atoms with E-state index in [1.807, 2.05) is 4.57 Å². The number of nitrogens with zero attached hydrogens (tertiary/aromatic N) is 3. The highest BCUT2D eigenvalue weighted by Gasteiger charge is 2.31. The van der Waals surface area contributed by atoms with Crippen LogP contribution in [0.25, 0.3) is 11.4 Å². The first-order chi connectivity index (χ1) is 15.8. The lowest BCUT2D eigenvalue weighted by Gasteiger charge is -2.19. The monoisotopic (exact) mass is 464 g/mol. The molecule has 1 aromatic heterocycles. The maximum Gasteiger partial charge on any atom is 0.238 e. The van der Waals surface area contributed by atoms with Crippen molar-refractivity contribution < 1.29 is 9.18 Å². The fraction of sp³-hybridized carbons (Fsp3) is 0.346. The first kappa shape index (κ1) is 23.2. The SMILES string of the molecule is C=CCn1c(SC(C(=O)NC2CC2)c2ccc(F)cc2)nnc1-c1ccc(C(C)(C)C)cc1. The molecule has 1 fully saturated rings. The third kappa shape index (κ3) is 5.53. The summed E-state index contributed by atoms with van der Waals surface area (Å²) >= 11 is 1.32. The van der Waals surface area contributed by atoms with E-state index in [1.165, 1.54) is 29.5 Å². The van der Waals surface area contributed by atoms with E-state index in [0.717, 1.165) is 29.8 Å². The fourth-order valence-corrected chi connectivity index (χ4v) is 4.58. The number of hydrogen-bond donors (Lipinski definition) is 1. The number of allylic oxidation sites excluding steroid dienone is 1. The van der Waals surface area contributed by atoms with Gasteiger partial charge in [-0.05, 0) is 41.5 Å². The van der Waals surface area contributed by atoms with Crippen molar-refractivity contribution in [2.75, 3.05) is 0 Å². The number of thioether (sulfide) groups is 1. The molecule has 1 saturated carbocycles. The van der Waals surface area contributed by atoms with Crippen molar-refractivity contribution in [1.82, 2.24) is 20.1 Å². The van der Waals surface area contributed by atoms with E-state index in [-0.39, 0.29) is 23.2 Å². The second-order valence-corrected chi connectivity index (χ2v) is 10.4. The predicted molar refractivity (Wildman–Crippen MR) is 131 cm³/mol. The summed E-state index contributed by atoms with van der Waals surface area (Å²) in [6, 6.07) is 14.6. The number of amides is 1. The second kappa shape index (κ2) is 9.51. The molecule has 1 N–H and O–H groups in total. The summed E-state index contributed by atoms with van der Waals surface area (Å²) in [5.41, 5.74) is 2.98. The van der Waals surface area contributed by atoms with Gasteiger partial charge < -0.3 is 5.32 Å². The number of halogens is 1. The van der Waals surface area contributed by atoms with Crippen LogP contribution in [0, 0.1) is 5.82 Å². The Kier molecular flexibility index (Phi) is 6.70. The molecule has 0 saturated heterocycles. The van der Waals surface area contributed by atoms with E-state index in [1.54, 1.807) is 18.2 Å². The molecule has 0 radical (unpaired) electrons. The van der Waals surface area contributed by atoms with Gasteiger partial charge in [0.05, 0.1) is 0 Å². The van der Waals surface area contributed by atoms with E-state index in [9.17, 15) is 9.18 Å². The molecule has 1 unspecified atom stereocenters. The Hall–Kier alpha value is -2.93. The van der Waals surface area contributed by atoms with E-state index in [0.29, 0.717) is 11.7 Å². The number of rotatable bonds is 8. The Bertz CT molecular complexity index is 1130. The zero-order chi connectivity index (χ0) is 23.6. The molecule has 1 amide bonds. The molecule has 4 rings (SSSR count). The zero-order valence-electron chi connectivity index (χ0n) is 19.2. The predicted octanol–water partition coefficient (Wildman–Crippen LogP) is 5.68.